The molecule has 0 N–H and O–H groups in total. The molecule has 0 amide bonds. The minimum absolute atomic E-state index is 0.620. The number of ether oxygens (including phenoxy) is 1. The van der Waals surface area contributed by atoms with Crippen molar-refractivity contribution in [1.29, 1.82) is 0 Å². The predicted molar refractivity (Wildman–Crippen MR) is 126 cm³/mol. The number of piperidine rings is 1. The van der Waals surface area contributed by atoms with Crippen LogP contribution in [0.4, 0.5) is 0 Å². The SMILES string of the molecule is Cc1ccc2onc(OCCC3CCN(C=Cc4ccc5ccccc5c4)CC3)c2c1. The van der Waals surface area contributed by atoms with Crippen molar-refractivity contribution in [3.05, 3.63) is 78.0 Å². The van der Waals surface area contributed by atoms with Crippen LogP contribution in [0.1, 0.15) is 30.4 Å². The summed E-state index contributed by atoms with van der Waals surface area (Å²) in [6.07, 6.45) is 7.94. The fraction of sp³-hybridized carbons (Fsp3) is 0.296. The van der Waals surface area contributed by atoms with Gasteiger partial charge in [-0.3, -0.25) is 0 Å². The topological polar surface area (TPSA) is 38.5 Å². The zero-order valence-corrected chi connectivity index (χ0v) is 18.0. The molecule has 1 saturated heterocycles. The van der Waals surface area contributed by atoms with E-state index < -0.39 is 0 Å². The number of nitrogens with zero attached hydrogens (tertiary/aromatic N) is 2. The number of hydrogen-bond acceptors (Lipinski definition) is 4. The van der Waals surface area contributed by atoms with Gasteiger partial charge in [-0.25, -0.2) is 0 Å². The van der Waals surface area contributed by atoms with Crippen molar-refractivity contribution in [3.63, 3.8) is 0 Å². The standard InChI is InChI=1S/C27H28N2O2/c1-20-6-9-26-25(18-20)27(28-31-26)30-17-13-21-10-14-29(15-11-21)16-12-22-7-8-23-4-2-3-5-24(23)19-22/h2-9,12,16,18-19,21H,10-11,13-15,17H2,1H3. The zero-order chi connectivity index (χ0) is 21.0. The number of fused-ring (bicyclic) bond motifs is 2. The van der Waals surface area contributed by atoms with Crippen LogP contribution in [0.5, 0.6) is 5.88 Å². The largest absolute Gasteiger partial charge is 0.475 e. The summed E-state index contributed by atoms with van der Waals surface area (Å²) >= 11 is 0. The van der Waals surface area contributed by atoms with Gasteiger partial charge in [0, 0.05) is 13.1 Å². The van der Waals surface area contributed by atoms with E-state index in [0.717, 1.165) is 30.5 Å². The van der Waals surface area contributed by atoms with E-state index in [0.29, 0.717) is 18.4 Å². The predicted octanol–water partition coefficient (Wildman–Crippen LogP) is 6.44. The van der Waals surface area contributed by atoms with Gasteiger partial charge >= 0.3 is 0 Å². The van der Waals surface area contributed by atoms with Crippen LogP contribution >= 0.6 is 0 Å². The van der Waals surface area contributed by atoms with Gasteiger partial charge in [-0.05, 0) is 84.1 Å². The summed E-state index contributed by atoms with van der Waals surface area (Å²) < 4.78 is 11.3. The highest BCUT2D eigenvalue weighted by Gasteiger charge is 2.18. The lowest BCUT2D eigenvalue weighted by molar-refractivity contribution is 0.197. The van der Waals surface area contributed by atoms with E-state index in [9.17, 15) is 0 Å². The van der Waals surface area contributed by atoms with Crippen molar-refractivity contribution in [3.8, 4) is 5.88 Å². The molecule has 4 heteroatoms. The van der Waals surface area contributed by atoms with Gasteiger partial charge in [-0.2, -0.15) is 0 Å². The van der Waals surface area contributed by atoms with Crippen LogP contribution in [0.3, 0.4) is 0 Å². The van der Waals surface area contributed by atoms with Crippen LogP contribution in [0.15, 0.2) is 71.4 Å². The minimum atomic E-state index is 0.620. The second-order valence-corrected chi connectivity index (χ2v) is 8.53. The summed E-state index contributed by atoms with van der Waals surface area (Å²) in [5.41, 5.74) is 3.22. The Morgan fingerprint density at radius 1 is 1.03 bits per heavy atom. The van der Waals surface area contributed by atoms with Gasteiger partial charge in [-0.1, -0.05) is 48.0 Å². The Kier molecular flexibility index (Phi) is 5.61. The molecular formula is C27H28N2O2. The Labute approximate surface area is 183 Å². The molecule has 0 atom stereocenters. The molecular weight excluding hydrogens is 384 g/mol. The number of aryl methyl sites for hydroxylation is 1. The van der Waals surface area contributed by atoms with Crippen molar-refractivity contribution in [2.75, 3.05) is 19.7 Å². The van der Waals surface area contributed by atoms with Crippen LogP contribution in [0.25, 0.3) is 27.8 Å². The van der Waals surface area contributed by atoms with Crippen molar-refractivity contribution in [2.24, 2.45) is 5.92 Å². The average molecular weight is 413 g/mol. The number of likely N-dealkylation sites (tertiary alicyclic amines) is 1. The molecule has 5 rings (SSSR count). The number of benzene rings is 3. The van der Waals surface area contributed by atoms with Crippen molar-refractivity contribution in [2.45, 2.75) is 26.2 Å². The molecule has 0 unspecified atom stereocenters. The lowest BCUT2D eigenvalue weighted by Crippen LogP contribution is -2.30. The summed E-state index contributed by atoms with van der Waals surface area (Å²) in [6.45, 7) is 4.95. The monoisotopic (exact) mass is 412 g/mol. The van der Waals surface area contributed by atoms with Crippen LogP contribution in [-0.4, -0.2) is 29.8 Å². The van der Waals surface area contributed by atoms with Crippen molar-refractivity contribution < 1.29 is 9.26 Å². The molecule has 1 aromatic heterocycles. The number of hydrogen-bond donors (Lipinski definition) is 0. The number of rotatable bonds is 6. The second kappa shape index (κ2) is 8.84. The van der Waals surface area contributed by atoms with Gasteiger partial charge in [0.15, 0.2) is 5.58 Å². The lowest BCUT2D eigenvalue weighted by Gasteiger charge is -2.31. The number of aromatic nitrogens is 1. The molecule has 2 heterocycles. The maximum atomic E-state index is 5.95. The molecule has 3 aromatic carbocycles. The third-order valence-corrected chi connectivity index (χ3v) is 6.26. The Bertz CT molecular complexity index is 1200. The Morgan fingerprint density at radius 3 is 2.74 bits per heavy atom. The van der Waals surface area contributed by atoms with Crippen LogP contribution in [-0.2, 0) is 0 Å². The van der Waals surface area contributed by atoms with Gasteiger partial charge in [0.1, 0.15) is 0 Å². The molecule has 0 radical (unpaired) electrons. The van der Waals surface area contributed by atoms with Gasteiger partial charge in [0.2, 0.25) is 0 Å². The Balaban J connectivity index is 1.10. The maximum absolute atomic E-state index is 5.95. The normalized spacial score (nSPS) is 15.3. The summed E-state index contributed by atoms with van der Waals surface area (Å²) in [5, 5.41) is 7.63. The first-order valence-electron chi connectivity index (χ1n) is 11.1. The summed E-state index contributed by atoms with van der Waals surface area (Å²) in [5.74, 6) is 1.32. The molecule has 4 nitrogen and oxygen atoms in total. The summed E-state index contributed by atoms with van der Waals surface area (Å²) in [6, 6.07) is 21.2. The lowest BCUT2D eigenvalue weighted by atomic mass is 9.94. The molecule has 1 aliphatic rings. The highest BCUT2D eigenvalue weighted by Crippen LogP contribution is 2.27. The van der Waals surface area contributed by atoms with E-state index in [-0.39, 0.29) is 0 Å². The first-order chi connectivity index (χ1) is 15.2. The van der Waals surface area contributed by atoms with Gasteiger partial charge < -0.3 is 14.2 Å². The van der Waals surface area contributed by atoms with Crippen LogP contribution < -0.4 is 4.74 Å². The second-order valence-electron chi connectivity index (χ2n) is 8.53. The van der Waals surface area contributed by atoms with E-state index in [1.165, 1.54) is 34.7 Å². The third kappa shape index (κ3) is 4.58. The first kappa shape index (κ1) is 19.7. The highest BCUT2D eigenvalue weighted by atomic mass is 16.5. The van der Waals surface area contributed by atoms with E-state index in [1.54, 1.807) is 0 Å². The Morgan fingerprint density at radius 2 is 1.87 bits per heavy atom. The van der Waals surface area contributed by atoms with Crippen molar-refractivity contribution >= 4 is 27.8 Å². The molecule has 0 spiro atoms. The summed E-state index contributed by atoms with van der Waals surface area (Å²) in [7, 11) is 0. The quantitative estimate of drug-likeness (QED) is 0.365. The molecule has 0 bridgehead atoms. The first-order valence-corrected chi connectivity index (χ1v) is 11.1. The molecule has 158 valence electrons. The molecule has 0 saturated carbocycles. The Hall–Kier alpha value is -3.27. The molecule has 4 aromatic rings. The molecule has 1 aliphatic heterocycles. The van der Waals surface area contributed by atoms with Gasteiger partial charge in [0.05, 0.1) is 12.0 Å². The van der Waals surface area contributed by atoms with Gasteiger partial charge in [0.25, 0.3) is 5.88 Å². The maximum Gasteiger partial charge on any atom is 0.262 e. The van der Waals surface area contributed by atoms with Gasteiger partial charge in [-0.15, -0.1) is 0 Å². The third-order valence-electron chi connectivity index (χ3n) is 6.26. The van der Waals surface area contributed by atoms with Crippen LogP contribution in [0, 0.1) is 12.8 Å². The van der Waals surface area contributed by atoms with E-state index >= 15 is 0 Å². The minimum Gasteiger partial charge on any atom is -0.475 e. The van der Waals surface area contributed by atoms with E-state index in [4.69, 9.17) is 9.26 Å². The average Bonchev–Trinajstić information content (AvgIpc) is 3.20. The molecule has 31 heavy (non-hydrogen) atoms. The summed E-state index contributed by atoms with van der Waals surface area (Å²) in [4.78, 5) is 2.43. The fourth-order valence-corrected chi connectivity index (χ4v) is 4.35. The van der Waals surface area contributed by atoms with Crippen LogP contribution in [0.2, 0.25) is 0 Å². The zero-order valence-electron chi connectivity index (χ0n) is 18.0. The van der Waals surface area contributed by atoms with Crippen molar-refractivity contribution in [1.82, 2.24) is 10.1 Å². The molecule has 0 aliphatic carbocycles. The highest BCUT2D eigenvalue weighted by molar-refractivity contribution is 5.84. The smallest absolute Gasteiger partial charge is 0.262 e. The fourth-order valence-electron chi connectivity index (χ4n) is 4.35. The van der Waals surface area contributed by atoms with E-state index in [1.807, 2.05) is 12.1 Å². The molecule has 1 fully saturated rings. The van der Waals surface area contributed by atoms with E-state index in [2.05, 4.69) is 77.8 Å².